The minimum atomic E-state index is 0.737. The largest absolute Gasteiger partial charge is 0.304 e. The maximum absolute atomic E-state index is 6.15. The van der Waals surface area contributed by atoms with Gasteiger partial charge in [0.1, 0.15) is 0 Å². The topological polar surface area (TPSA) is 17.8 Å². The molecule has 0 fully saturated rings. The number of halogens is 3. The van der Waals surface area contributed by atoms with Crippen molar-refractivity contribution in [1.29, 1.82) is 0 Å². The number of rotatable bonds is 2. The van der Waals surface area contributed by atoms with E-state index in [1.165, 1.54) is 0 Å². The Morgan fingerprint density at radius 3 is 2.87 bits per heavy atom. The van der Waals surface area contributed by atoms with Gasteiger partial charge in [-0.25, -0.2) is 4.98 Å². The Labute approximate surface area is 115 Å². The van der Waals surface area contributed by atoms with Crippen LogP contribution in [0.25, 0.3) is 5.69 Å². The predicted molar refractivity (Wildman–Crippen MR) is 73.9 cm³/mol. The van der Waals surface area contributed by atoms with E-state index in [1.807, 2.05) is 29.0 Å². The summed E-state index contributed by atoms with van der Waals surface area (Å²) in [5, 5.41) is 1.49. The quantitative estimate of drug-likeness (QED) is 0.553. The molecule has 2 rings (SSSR count). The highest BCUT2D eigenvalue weighted by atomic mass is 127. The monoisotopic (exact) mass is 396 g/mol. The van der Waals surface area contributed by atoms with E-state index in [0.717, 1.165) is 25.3 Å². The van der Waals surface area contributed by atoms with E-state index in [0.29, 0.717) is 0 Å². The van der Waals surface area contributed by atoms with Crippen LogP contribution in [0.2, 0.25) is 5.02 Å². The van der Waals surface area contributed by atoms with Gasteiger partial charge in [-0.1, -0.05) is 27.5 Å². The van der Waals surface area contributed by atoms with Crippen molar-refractivity contribution >= 4 is 50.1 Å². The number of aromatic nitrogens is 2. The molecule has 15 heavy (non-hydrogen) atoms. The van der Waals surface area contributed by atoms with Crippen molar-refractivity contribution in [3.8, 4) is 5.69 Å². The minimum Gasteiger partial charge on any atom is -0.304 e. The van der Waals surface area contributed by atoms with Crippen LogP contribution in [0.5, 0.6) is 0 Å². The van der Waals surface area contributed by atoms with Crippen molar-refractivity contribution in [2.24, 2.45) is 0 Å². The summed E-state index contributed by atoms with van der Waals surface area (Å²) in [6.45, 7) is 0. The summed E-state index contributed by atoms with van der Waals surface area (Å²) in [5.41, 5.74) is 1.95. The Hall–Kier alpha value is -0.0700. The molecule has 0 aliphatic rings. The van der Waals surface area contributed by atoms with E-state index in [1.54, 1.807) is 6.33 Å². The van der Waals surface area contributed by atoms with Crippen LogP contribution in [0.3, 0.4) is 0 Å². The van der Waals surface area contributed by atoms with Crippen LogP contribution >= 0.6 is 50.1 Å². The normalized spacial score (nSPS) is 10.6. The number of hydrogen-bond acceptors (Lipinski definition) is 1. The average Bonchev–Trinajstić information content (AvgIpc) is 2.66. The van der Waals surface area contributed by atoms with Gasteiger partial charge in [0.15, 0.2) is 0 Å². The molecule has 0 bridgehead atoms. The fourth-order valence-corrected chi connectivity index (χ4v) is 2.50. The van der Waals surface area contributed by atoms with Gasteiger partial charge in [-0.3, -0.25) is 0 Å². The van der Waals surface area contributed by atoms with Crippen LogP contribution < -0.4 is 0 Å². The number of alkyl halides is 1. The minimum absolute atomic E-state index is 0.737. The molecule has 0 radical (unpaired) electrons. The standard InChI is InChI=1S/C10H7BrClIN2/c11-4-8-5-15(6-14-8)10-2-1-7(13)3-9(10)12/h1-3,5-6H,4H2. The van der Waals surface area contributed by atoms with Gasteiger partial charge in [0.25, 0.3) is 0 Å². The van der Waals surface area contributed by atoms with Gasteiger partial charge in [0.05, 0.1) is 22.7 Å². The van der Waals surface area contributed by atoms with Gasteiger partial charge in [-0.2, -0.15) is 0 Å². The maximum Gasteiger partial charge on any atom is 0.0996 e. The summed E-state index contributed by atoms with van der Waals surface area (Å²) in [6.07, 6.45) is 3.73. The molecule has 0 amide bonds. The summed E-state index contributed by atoms with van der Waals surface area (Å²) in [7, 11) is 0. The molecule has 0 aliphatic heterocycles. The van der Waals surface area contributed by atoms with E-state index in [4.69, 9.17) is 11.6 Å². The Morgan fingerprint density at radius 2 is 2.27 bits per heavy atom. The second-order valence-electron chi connectivity index (χ2n) is 3.00. The van der Waals surface area contributed by atoms with Crippen LogP contribution in [0, 0.1) is 3.57 Å². The third kappa shape index (κ3) is 2.54. The summed E-state index contributed by atoms with van der Waals surface area (Å²) in [6, 6.07) is 5.95. The second kappa shape index (κ2) is 4.84. The van der Waals surface area contributed by atoms with E-state index >= 15 is 0 Å². The number of imidazole rings is 1. The van der Waals surface area contributed by atoms with Crippen LogP contribution in [-0.2, 0) is 5.33 Å². The molecule has 5 heteroatoms. The zero-order valence-electron chi connectivity index (χ0n) is 7.62. The molecule has 0 atom stereocenters. The highest BCUT2D eigenvalue weighted by molar-refractivity contribution is 14.1. The van der Waals surface area contributed by atoms with Crippen molar-refractivity contribution in [2.75, 3.05) is 0 Å². The zero-order valence-corrected chi connectivity index (χ0v) is 12.1. The highest BCUT2D eigenvalue weighted by Crippen LogP contribution is 2.23. The van der Waals surface area contributed by atoms with Crippen molar-refractivity contribution < 1.29 is 0 Å². The average molecular weight is 397 g/mol. The summed E-state index contributed by atoms with van der Waals surface area (Å²) in [4.78, 5) is 4.23. The molecule has 0 saturated heterocycles. The molecular weight excluding hydrogens is 390 g/mol. The molecule has 0 aliphatic carbocycles. The van der Waals surface area contributed by atoms with Gasteiger partial charge in [-0.05, 0) is 40.8 Å². The molecule has 0 saturated carbocycles. The van der Waals surface area contributed by atoms with E-state index in [2.05, 4.69) is 43.5 Å². The van der Waals surface area contributed by atoms with E-state index in [9.17, 15) is 0 Å². The maximum atomic E-state index is 6.15. The first-order valence-corrected chi connectivity index (χ1v) is 6.83. The lowest BCUT2D eigenvalue weighted by Crippen LogP contribution is -1.91. The van der Waals surface area contributed by atoms with Gasteiger partial charge in [-0.15, -0.1) is 0 Å². The molecule has 0 N–H and O–H groups in total. The lowest BCUT2D eigenvalue weighted by Gasteiger charge is -2.04. The Bertz CT molecular complexity index is 484. The Balaban J connectivity index is 2.44. The number of hydrogen-bond donors (Lipinski definition) is 0. The summed E-state index contributed by atoms with van der Waals surface area (Å²) in [5.74, 6) is 0. The van der Waals surface area contributed by atoms with Crippen molar-refractivity contribution in [2.45, 2.75) is 5.33 Å². The first-order chi connectivity index (χ1) is 7.20. The van der Waals surface area contributed by atoms with Crippen LogP contribution in [0.15, 0.2) is 30.7 Å². The summed E-state index contributed by atoms with van der Waals surface area (Å²) < 4.78 is 3.05. The molecule has 0 unspecified atom stereocenters. The van der Waals surface area contributed by atoms with Gasteiger partial charge in [0, 0.05) is 15.1 Å². The second-order valence-corrected chi connectivity index (χ2v) is 5.22. The van der Waals surface area contributed by atoms with Crippen molar-refractivity contribution in [3.63, 3.8) is 0 Å². The van der Waals surface area contributed by atoms with E-state index < -0.39 is 0 Å². The summed E-state index contributed by atoms with van der Waals surface area (Å²) >= 11 is 11.8. The van der Waals surface area contributed by atoms with Crippen LogP contribution in [0.1, 0.15) is 5.69 Å². The SMILES string of the molecule is Clc1cc(I)ccc1-n1cnc(CBr)c1. The third-order valence-electron chi connectivity index (χ3n) is 1.96. The predicted octanol–water partition coefficient (Wildman–Crippen LogP) is 4.03. The third-order valence-corrected chi connectivity index (χ3v) is 3.51. The van der Waals surface area contributed by atoms with E-state index in [-0.39, 0.29) is 0 Å². The fraction of sp³-hybridized carbons (Fsp3) is 0.100. The molecular formula is C10H7BrClIN2. The molecule has 1 aromatic carbocycles. The Kier molecular flexibility index (Phi) is 3.69. The van der Waals surface area contributed by atoms with Crippen LogP contribution in [-0.4, -0.2) is 9.55 Å². The van der Waals surface area contributed by atoms with Gasteiger partial charge < -0.3 is 4.57 Å². The molecule has 1 aromatic heterocycles. The Morgan fingerprint density at radius 1 is 1.47 bits per heavy atom. The number of benzene rings is 1. The molecule has 2 aromatic rings. The lowest BCUT2D eigenvalue weighted by molar-refractivity contribution is 1.06. The molecule has 2 nitrogen and oxygen atoms in total. The fourth-order valence-electron chi connectivity index (χ4n) is 1.25. The van der Waals surface area contributed by atoms with Crippen molar-refractivity contribution in [1.82, 2.24) is 9.55 Å². The van der Waals surface area contributed by atoms with Crippen molar-refractivity contribution in [3.05, 3.63) is 45.0 Å². The first kappa shape index (κ1) is 11.4. The highest BCUT2D eigenvalue weighted by Gasteiger charge is 2.04. The smallest absolute Gasteiger partial charge is 0.0996 e. The molecule has 1 heterocycles. The first-order valence-electron chi connectivity index (χ1n) is 4.25. The molecule has 0 spiro atoms. The lowest BCUT2D eigenvalue weighted by atomic mass is 10.3. The van der Waals surface area contributed by atoms with Gasteiger partial charge >= 0.3 is 0 Å². The van der Waals surface area contributed by atoms with Crippen LogP contribution in [0.4, 0.5) is 0 Å². The zero-order chi connectivity index (χ0) is 10.8. The molecule has 78 valence electrons. The van der Waals surface area contributed by atoms with Gasteiger partial charge in [0.2, 0.25) is 0 Å². The number of nitrogens with zero attached hydrogens (tertiary/aromatic N) is 2.